The molecule has 0 bridgehead atoms. The van der Waals surface area contributed by atoms with Crippen molar-refractivity contribution in [3.63, 3.8) is 0 Å². The number of benzene rings is 2. The van der Waals surface area contributed by atoms with Crippen LogP contribution in [0.2, 0.25) is 0 Å². The number of anilines is 1. The molecule has 2 saturated heterocycles. The molecular formula is C25H37N3O. The first-order chi connectivity index (χ1) is 14.9. The van der Waals surface area contributed by atoms with Gasteiger partial charge >= 0.3 is 0 Å². The van der Waals surface area contributed by atoms with Crippen molar-refractivity contribution in [1.82, 2.24) is 9.80 Å². The molecule has 2 heterocycles. The van der Waals surface area contributed by atoms with Gasteiger partial charge in [0, 0.05) is 14.5 Å². The Bertz CT molecular complexity index is 728. The summed E-state index contributed by atoms with van der Waals surface area (Å²) >= 11 is 0. The third-order valence-corrected chi connectivity index (χ3v) is 5.88. The number of nitrogens with zero attached hydrogens (tertiary/aromatic N) is 2. The van der Waals surface area contributed by atoms with Crippen molar-refractivity contribution in [2.24, 2.45) is 0 Å². The second-order valence-electron chi connectivity index (χ2n) is 8.04. The van der Waals surface area contributed by atoms with Gasteiger partial charge < -0.3 is 10.1 Å². The van der Waals surface area contributed by atoms with Crippen LogP contribution in [-0.4, -0.2) is 49.4 Å². The van der Waals surface area contributed by atoms with E-state index in [1.807, 2.05) is 0 Å². The number of likely N-dealkylation sites (tertiary alicyclic amines) is 2. The Balaban J connectivity index is 0.00000124. The minimum absolute atomic E-state index is 0.677. The monoisotopic (exact) mass is 396 g/mol. The molecule has 0 atom stereocenters. The van der Waals surface area contributed by atoms with Crippen molar-refractivity contribution < 1.29 is 6.11 Å². The molecule has 4 rings (SSSR count). The van der Waals surface area contributed by atoms with Crippen LogP contribution in [-0.2, 0) is 0 Å². The van der Waals surface area contributed by atoms with E-state index in [1.54, 1.807) is 0 Å². The lowest BCUT2D eigenvalue weighted by molar-refractivity contribution is 0.107. The van der Waals surface area contributed by atoms with Gasteiger partial charge in [-0.15, -0.1) is 0 Å². The van der Waals surface area contributed by atoms with Crippen LogP contribution in [0.5, 0.6) is 5.75 Å². The number of piperidine rings is 2. The van der Waals surface area contributed by atoms with E-state index in [0.717, 1.165) is 31.2 Å². The predicted octanol–water partition coefficient (Wildman–Crippen LogP) is 5.67. The van der Waals surface area contributed by atoms with E-state index < -0.39 is 0 Å². The zero-order valence-corrected chi connectivity index (χ0v) is 17.9. The zero-order chi connectivity index (χ0) is 21.0. The van der Waals surface area contributed by atoms with E-state index in [0.29, 0.717) is 6.73 Å². The van der Waals surface area contributed by atoms with Crippen LogP contribution < -0.4 is 10.1 Å². The standard InChI is InChI=1S/C24H33N3O.CH4/c1-4-10-21(11-5-1)22-12-13-23(25-19-26-14-6-2-7-15-26)24(18-22)28-20-27-16-8-3-9-17-27;/h1,4-5,10-13,18,25H,2-3,6-9,14-17,19-20H2;1H4/i;1D. The van der Waals surface area contributed by atoms with Crippen molar-refractivity contribution in [2.75, 3.05) is 44.9 Å². The molecule has 0 aliphatic carbocycles. The maximum atomic E-state index is 6.32. The second-order valence-corrected chi connectivity index (χ2v) is 8.04. The lowest BCUT2D eigenvalue weighted by Gasteiger charge is -2.28. The quantitative estimate of drug-likeness (QED) is 0.653. The summed E-state index contributed by atoms with van der Waals surface area (Å²) in [4.78, 5) is 4.93. The van der Waals surface area contributed by atoms with Crippen molar-refractivity contribution in [2.45, 2.75) is 45.9 Å². The van der Waals surface area contributed by atoms with Crippen LogP contribution in [0, 0.1) is 0 Å². The fraction of sp³-hybridized carbons (Fsp3) is 0.520. The first-order valence-corrected chi connectivity index (χ1v) is 10.9. The summed E-state index contributed by atoms with van der Waals surface area (Å²) < 4.78 is 12.1. The van der Waals surface area contributed by atoms with Gasteiger partial charge in [-0.25, -0.2) is 0 Å². The molecule has 29 heavy (non-hydrogen) atoms. The summed E-state index contributed by atoms with van der Waals surface area (Å²) in [5.74, 6) is 0.962. The smallest absolute Gasteiger partial charge is 0.145 e. The highest BCUT2D eigenvalue weighted by molar-refractivity contribution is 5.70. The Kier molecular flexibility index (Phi) is 7.83. The van der Waals surface area contributed by atoms with Crippen LogP contribution in [0.1, 0.15) is 47.3 Å². The van der Waals surface area contributed by atoms with Crippen LogP contribution >= 0.6 is 0 Å². The average molecular weight is 397 g/mol. The van der Waals surface area contributed by atoms with Crippen molar-refractivity contribution in [3.05, 3.63) is 48.5 Å². The zero-order valence-electron chi connectivity index (χ0n) is 18.9. The molecule has 0 unspecified atom stereocenters. The number of nitrogens with one attached hydrogen (secondary N) is 1. The fourth-order valence-electron chi connectivity index (χ4n) is 4.16. The summed E-state index contributed by atoms with van der Waals surface area (Å²) in [7, 11) is 1.25. The lowest BCUT2D eigenvalue weighted by Crippen LogP contribution is -2.34. The summed E-state index contributed by atoms with van der Waals surface area (Å²) in [6.45, 7) is 6.25. The predicted molar refractivity (Wildman–Crippen MR) is 123 cm³/mol. The SMILES string of the molecule is [2H]C.c1ccc(-c2ccc(NCN3CCCCC3)c(OCN3CCCCC3)c2)cc1. The number of rotatable bonds is 7. The molecule has 0 radical (unpaired) electrons. The molecule has 2 fully saturated rings. The number of hydrogen-bond acceptors (Lipinski definition) is 4. The molecule has 158 valence electrons. The van der Waals surface area contributed by atoms with Gasteiger partial charge in [-0.1, -0.05) is 56.6 Å². The Hall–Kier alpha value is -2.04. The van der Waals surface area contributed by atoms with Gasteiger partial charge in [-0.3, -0.25) is 9.80 Å². The molecule has 4 heteroatoms. The fourth-order valence-corrected chi connectivity index (χ4v) is 4.16. The van der Waals surface area contributed by atoms with Gasteiger partial charge in [0.05, 0.1) is 12.4 Å². The van der Waals surface area contributed by atoms with E-state index in [2.05, 4.69) is 63.6 Å². The minimum Gasteiger partial charge on any atom is -0.476 e. The number of ether oxygens (including phenoxy) is 1. The molecule has 1 N–H and O–H groups in total. The van der Waals surface area contributed by atoms with Gasteiger partial charge in [0.2, 0.25) is 0 Å². The van der Waals surface area contributed by atoms with Gasteiger partial charge in [0.15, 0.2) is 0 Å². The summed E-state index contributed by atoms with van der Waals surface area (Å²) in [6.07, 6.45) is 7.91. The van der Waals surface area contributed by atoms with Crippen LogP contribution in [0.15, 0.2) is 48.5 Å². The molecular weight excluding hydrogens is 358 g/mol. The highest BCUT2D eigenvalue weighted by atomic mass is 16.5. The normalized spacial score (nSPS) is 18.3. The third-order valence-electron chi connectivity index (χ3n) is 5.88. The van der Waals surface area contributed by atoms with E-state index >= 15 is 0 Å². The second kappa shape index (κ2) is 11.2. The first-order valence-electron chi connectivity index (χ1n) is 11.9. The third kappa shape index (κ3) is 6.22. The van der Waals surface area contributed by atoms with Crippen molar-refractivity contribution in [1.29, 1.82) is 0 Å². The van der Waals surface area contributed by atoms with E-state index in [9.17, 15) is 0 Å². The van der Waals surface area contributed by atoms with Crippen LogP contribution in [0.25, 0.3) is 11.1 Å². The molecule has 2 aliphatic rings. The Morgan fingerprint density at radius 1 is 0.793 bits per heavy atom. The largest absolute Gasteiger partial charge is 0.476 e. The van der Waals surface area contributed by atoms with Gasteiger partial charge in [-0.2, -0.15) is 0 Å². The van der Waals surface area contributed by atoms with Gasteiger partial charge in [-0.05, 0) is 62.0 Å². The highest BCUT2D eigenvalue weighted by Gasteiger charge is 2.14. The maximum absolute atomic E-state index is 6.32. The number of hydrogen-bond donors (Lipinski definition) is 1. The molecule has 0 amide bonds. The Morgan fingerprint density at radius 3 is 2.14 bits per heavy atom. The molecule has 2 aromatic rings. The highest BCUT2D eigenvalue weighted by Crippen LogP contribution is 2.31. The molecule has 4 nitrogen and oxygen atoms in total. The first kappa shape index (κ1) is 20.2. The lowest BCUT2D eigenvalue weighted by atomic mass is 10.0. The van der Waals surface area contributed by atoms with Crippen LogP contribution in [0.3, 0.4) is 0 Å². The van der Waals surface area contributed by atoms with E-state index in [4.69, 9.17) is 6.11 Å². The van der Waals surface area contributed by atoms with Crippen LogP contribution in [0.4, 0.5) is 5.69 Å². The molecule has 0 spiro atoms. The Labute approximate surface area is 178 Å². The van der Waals surface area contributed by atoms with E-state index in [-0.39, 0.29) is 0 Å². The van der Waals surface area contributed by atoms with E-state index in [1.165, 1.54) is 70.1 Å². The van der Waals surface area contributed by atoms with Crippen molar-refractivity contribution in [3.8, 4) is 16.9 Å². The average Bonchev–Trinajstić information content (AvgIpc) is 2.85. The maximum Gasteiger partial charge on any atom is 0.145 e. The minimum atomic E-state index is 0.677. The summed E-state index contributed by atoms with van der Waals surface area (Å²) in [6, 6.07) is 17.1. The molecule has 2 aliphatic heterocycles. The molecule has 0 aromatic heterocycles. The Morgan fingerprint density at radius 2 is 1.45 bits per heavy atom. The topological polar surface area (TPSA) is 27.7 Å². The summed E-state index contributed by atoms with van der Waals surface area (Å²) in [5, 5.41) is 3.63. The van der Waals surface area contributed by atoms with Crippen molar-refractivity contribution >= 4 is 5.69 Å². The molecule has 2 aromatic carbocycles. The van der Waals surface area contributed by atoms with Gasteiger partial charge in [0.1, 0.15) is 12.5 Å². The van der Waals surface area contributed by atoms with Gasteiger partial charge in [0.25, 0.3) is 0 Å². The molecule has 0 saturated carbocycles. The summed E-state index contributed by atoms with van der Waals surface area (Å²) in [5.41, 5.74) is 3.54.